The Kier molecular flexibility index (Phi) is 7.30. The van der Waals surface area contributed by atoms with Crippen LogP contribution in [0.5, 0.6) is 0 Å². The van der Waals surface area contributed by atoms with Crippen LogP contribution in [0.3, 0.4) is 0 Å². The van der Waals surface area contributed by atoms with E-state index < -0.39 is 0 Å². The molecule has 0 spiro atoms. The van der Waals surface area contributed by atoms with Gasteiger partial charge in [0.15, 0.2) is 0 Å². The van der Waals surface area contributed by atoms with Crippen LogP contribution in [0.4, 0.5) is 0 Å². The van der Waals surface area contributed by atoms with Crippen LogP contribution >= 0.6 is 0 Å². The molecule has 1 aromatic heterocycles. The predicted molar refractivity (Wildman–Crippen MR) is 126 cm³/mol. The standard InChI is InChI=1S/C26H35N3O3/c1-3-32-26(31)23-18-24(21-10-6-4-7-11-21)29(20(23)2)19-25(30)28-16-14-27(15-17-28)22-12-8-5-9-13-22/h4,6-7,10-11,18,22H,3,5,8-9,12-17,19H2,1-2H3. The van der Waals surface area contributed by atoms with E-state index in [2.05, 4.69) is 4.90 Å². The van der Waals surface area contributed by atoms with Gasteiger partial charge >= 0.3 is 5.97 Å². The Morgan fingerprint density at radius 3 is 2.34 bits per heavy atom. The normalized spacial score (nSPS) is 18.0. The lowest BCUT2D eigenvalue weighted by molar-refractivity contribution is -0.134. The Balaban J connectivity index is 1.49. The van der Waals surface area contributed by atoms with Crippen molar-refractivity contribution in [1.82, 2.24) is 14.4 Å². The summed E-state index contributed by atoms with van der Waals surface area (Å²) in [7, 11) is 0. The topological polar surface area (TPSA) is 54.8 Å². The first-order chi connectivity index (χ1) is 15.6. The highest BCUT2D eigenvalue weighted by Gasteiger charge is 2.28. The minimum Gasteiger partial charge on any atom is -0.462 e. The molecule has 1 aromatic carbocycles. The van der Waals surface area contributed by atoms with E-state index in [1.54, 1.807) is 6.92 Å². The summed E-state index contributed by atoms with van der Waals surface area (Å²) in [4.78, 5) is 30.3. The molecule has 1 aliphatic carbocycles. The van der Waals surface area contributed by atoms with Gasteiger partial charge in [-0.1, -0.05) is 49.6 Å². The smallest absolute Gasteiger partial charge is 0.339 e. The second kappa shape index (κ2) is 10.3. The van der Waals surface area contributed by atoms with Crippen molar-refractivity contribution in [2.75, 3.05) is 32.8 Å². The average molecular weight is 438 g/mol. The molecule has 0 atom stereocenters. The zero-order valence-corrected chi connectivity index (χ0v) is 19.4. The zero-order valence-electron chi connectivity index (χ0n) is 19.4. The summed E-state index contributed by atoms with van der Waals surface area (Å²) < 4.78 is 7.22. The molecule has 2 fully saturated rings. The first kappa shape index (κ1) is 22.6. The molecule has 2 aromatic rings. The minimum absolute atomic E-state index is 0.111. The van der Waals surface area contributed by atoms with E-state index in [1.165, 1.54) is 32.1 Å². The van der Waals surface area contributed by atoms with Gasteiger partial charge in [-0.25, -0.2) is 4.79 Å². The van der Waals surface area contributed by atoms with Crippen molar-refractivity contribution in [2.24, 2.45) is 0 Å². The molecule has 2 heterocycles. The third-order valence-corrected chi connectivity index (χ3v) is 6.98. The number of nitrogens with zero attached hydrogens (tertiary/aromatic N) is 3. The van der Waals surface area contributed by atoms with Crippen molar-refractivity contribution < 1.29 is 14.3 Å². The fourth-order valence-corrected chi connectivity index (χ4v) is 5.13. The van der Waals surface area contributed by atoms with E-state index >= 15 is 0 Å². The van der Waals surface area contributed by atoms with Gasteiger partial charge < -0.3 is 14.2 Å². The van der Waals surface area contributed by atoms with Crippen molar-refractivity contribution in [3.8, 4) is 11.3 Å². The number of esters is 1. The summed E-state index contributed by atoms with van der Waals surface area (Å²) >= 11 is 0. The number of piperazine rings is 1. The number of hydrogen-bond donors (Lipinski definition) is 0. The number of benzene rings is 1. The first-order valence-corrected chi connectivity index (χ1v) is 12.0. The molecule has 1 amide bonds. The van der Waals surface area contributed by atoms with Crippen LogP contribution in [-0.2, 0) is 16.1 Å². The molecule has 4 rings (SSSR count). The van der Waals surface area contributed by atoms with Crippen LogP contribution in [0.25, 0.3) is 11.3 Å². The predicted octanol–water partition coefficient (Wildman–Crippen LogP) is 4.12. The Bertz CT molecular complexity index is 923. The van der Waals surface area contributed by atoms with Gasteiger partial charge in [-0.2, -0.15) is 0 Å². The molecule has 6 heteroatoms. The van der Waals surface area contributed by atoms with Gasteiger partial charge in [0.2, 0.25) is 5.91 Å². The molecule has 6 nitrogen and oxygen atoms in total. The van der Waals surface area contributed by atoms with Crippen LogP contribution in [0, 0.1) is 6.92 Å². The molecule has 1 saturated heterocycles. The maximum absolute atomic E-state index is 13.3. The number of carbonyl (C=O) groups excluding carboxylic acids is 2. The Morgan fingerprint density at radius 2 is 1.69 bits per heavy atom. The van der Waals surface area contributed by atoms with E-state index in [0.29, 0.717) is 18.2 Å². The van der Waals surface area contributed by atoms with Crippen LogP contribution in [0.2, 0.25) is 0 Å². The van der Waals surface area contributed by atoms with E-state index in [9.17, 15) is 9.59 Å². The number of ether oxygens (including phenoxy) is 1. The Labute approximate surface area is 191 Å². The molecule has 0 unspecified atom stereocenters. The number of aromatic nitrogens is 1. The molecule has 32 heavy (non-hydrogen) atoms. The Morgan fingerprint density at radius 1 is 1.00 bits per heavy atom. The number of hydrogen-bond acceptors (Lipinski definition) is 4. The molecule has 1 aliphatic heterocycles. The van der Waals surface area contributed by atoms with E-state index in [4.69, 9.17) is 4.74 Å². The van der Waals surface area contributed by atoms with Crippen LogP contribution in [-0.4, -0.2) is 65.1 Å². The summed E-state index contributed by atoms with van der Waals surface area (Å²) in [5.41, 5.74) is 3.17. The lowest BCUT2D eigenvalue weighted by atomic mass is 9.94. The summed E-state index contributed by atoms with van der Waals surface area (Å²) in [6.45, 7) is 7.74. The van der Waals surface area contributed by atoms with Crippen LogP contribution in [0.15, 0.2) is 36.4 Å². The van der Waals surface area contributed by atoms with Gasteiger partial charge in [-0.3, -0.25) is 9.69 Å². The maximum Gasteiger partial charge on any atom is 0.339 e. The van der Waals surface area contributed by atoms with Crippen molar-refractivity contribution >= 4 is 11.9 Å². The minimum atomic E-state index is -0.338. The lowest BCUT2D eigenvalue weighted by Gasteiger charge is -2.40. The summed E-state index contributed by atoms with van der Waals surface area (Å²) in [5.74, 6) is -0.228. The highest BCUT2D eigenvalue weighted by molar-refractivity contribution is 5.93. The molecule has 172 valence electrons. The second-order valence-corrected chi connectivity index (χ2v) is 8.91. The van der Waals surface area contributed by atoms with E-state index in [0.717, 1.165) is 43.1 Å². The quantitative estimate of drug-likeness (QED) is 0.638. The van der Waals surface area contributed by atoms with Gasteiger partial charge in [-0.05, 0) is 38.3 Å². The maximum atomic E-state index is 13.3. The van der Waals surface area contributed by atoms with Crippen molar-refractivity contribution in [3.05, 3.63) is 47.7 Å². The van der Waals surface area contributed by atoms with Crippen LogP contribution in [0.1, 0.15) is 55.1 Å². The van der Waals surface area contributed by atoms with Gasteiger partial charge in [0, 0.05) is 43.6 Å². The van der Waals surface area contributed by atoms with Gasteiger partial charge in [-0.15, -0.1) is 0 Å². The number of carbonyl (C=O) groups is 2. The highest BCUT2D eigenvalue weighted by atomic mass is 16.5. The third kappa shape index (κ3) is 4.90. The van der Waals surface area contributed by atoms with Crippen LogP contribution < -0.4 is 0 Å². The first-order valence-electron chi connectivity index (χ1n) is 12.0. The third-order valence-electron chi connectivity index (χ3n) is 6.98. The fraction of sp³-hybridized carbons (Fsp3) is 0.538. The molecule has 0 bridgehead atoms. The van der Waals surface area contributed by atoms with Gasteiger partial charge in [0.1, 0.15) is 6.54 Å². The monoisotopic (exact) mass is 437 g/mol. The molecular weight excluding hydrogens is 402 g/mol. The van der Waals surface area contributed by atoms with E-state index in [-0.39, 0.29) is 18.4 Å². The zero-order chi connectivity index (χ0) is 22.5. The fourth-order valence-electron chi connectivity index (χ4n) is 5.13. The summed E-state index contributed by atoms with van der Waals surface area (Å²) in [5, 5.41) is 0. The van der Waals surface area contributed by atoms with E-state index in [1.807, 2.05) is 52.8 Å². The molecular formula is C26H35N3O3. The number of rotatable bonds is 6. The number of amides is 1. The molecule has 0 N–H and O–H groups in total. The molecule has 2 aliphatic rings. The SMILES string of the molecule is CCOC(=O)c1cc(-c2ccccc2)n(CC(=O)N2CCN(C3CCCCC3)CC2)c1C. The summed E-state index contributed by atoms with van der Waals surface area (Å²) in [6, 6.07) is 12.5. The highest BCUT2D eigenvalue weighted by Crippen LogP contribution is 2.27. The molecule has 0 radical (unpaired) electrons. The summed E-state index contributed by atoms with van der Waals surface area (Å²) in [6.07, 6.45) is 6.63. The van der Waals surface area contributed by atoms with Gasteiger partial charge in [0.05, 0.1) is 12.2 Å². The second-order valence-electron chi connectivity index (χ2n) is 8.91. The van der Waals surface area contributed by atoms with Crippen molar-refractivity contribution in [3.63, 3.8) is 0 Å². The Hall–Kier alpha value is -2.60. The molecule has 1 saturated carbocycles. The van der Waals surface area contributed by atoms with Gasteiger partial charge in [0.25, 0.3) is 0 Å². The van der Waals surface area contributed by atoms with Crippen molar-refractivity contribution in [2.45, 2.75) is 58.5 Å². The largest absolute Gasteiger partial charge is 0.462 e. The lowest BCUT2D eigenvalue weighted by Crippen LogP contribution is -2.52. The van der Waals surface area contributed by atoms with Crippen molar-refractivity contribution in [1.29, 1.82) is 0 Å². The average Bonchev–Trinajstić information content (AvgIpc) is 3.16.